The second kappa shape index (κ2) is 9.76. The minimum atomic E-state index is -0.609. The maximum absolute atomic E-state index is 14.3. The summed E-state index contributed by atoms with van der Waals surface area (Å²) >= 11 is 7.29. The molecule has 3 aromatic carbocycles. The summed E-state index contributed by atoms with van der Waals surface area (Å²) in [5, 5.41) is 2.93. The van der Waals surface area contributed by atoms with Crippen LogP contribution in [-0.4, -0.2) is 17.1 Å². The van der Waals surface area contributed by atoms with Gasteiger partial charge in [-0.3, -0.25) is 9.59 Å². The molecule has 3 aromatic rings. The number of benzene rings is 3. The smallest absolute Gasteiger partial charge is 0.241 e. The Bertz CT molecular complexity index is 1140. The van der Waals surface area contributed by atoms with Gasteiger partial charge in [-0.1, -0.05) is 61.0 Å². The predicted octanol–water partition coefficient (Wildman–Crippen LogP) is 5.44. The monoisotopic (exact) mass is 468 g/mol. The molecule has 0 radical (unpaired) electrons. The fourth-order valence-corrected chi connectivity index (χ4v) is 5.02. The van der Waals surface area contributed by atoms with Gasteiger partial charge in [0.05, 0.1) is 18.2 Å². The van der Waals surface area contributed by atoms with Gasteiger partial charge in [-0.05, 0) is 35.9 Å². The molecule has 2 atom stereocenters. The van der Waals surface area contributed by atoms with Crippen molar-refractivity contribution in [1.82, 2.24) is 5.32 Å². The van der Waals surface area contributed by atoms with E-state index < -0.39 is 11.2 Å². The van der Waals surface area contributed by atoms with Crippen LogP contribution >= 0.6 is 23.4 Å². The molecule has 164 valence electrons. The molecule has 0 fully saturated rings. The molecule has 4 rings (SSSR count). The summed E-state index contributed by atoms with van der Waals surface area (Å²) in [7, 11) is 0. The van der Waals surface area contributed by atoms with E-state index in [4.69, 9.17) is 11.6 Å². The summed E-state index contributed by atoms with van der Waals surface area (Å²) in [6.45, 7) is 2.21. The highest BCUT2D eigenvalue weighted by molar-refractivity contribution is 8.01. The second-order valence-corrected chi connectivity index (χ2v) is 9.27. The quantitative estimate of drug-likeness (QED) is 0.524. The molecule has 1 aliphatic heterocycles. The Kier molecular flexibility index (Phi) is 6.82. The molecule has 0 spiro atoms. The third kappa shape index (κ3) is 4.81. The number of anilines is 1. The number of hydrogen-bond acceptors (Lipinski definition) is 3. The highest BCUT2D eigenvalue weighted by Gasteiger charge is 2.39. The van der Waals surface area contributed by atoms with Gasteiger partial charge in [0.15, 0.2) is 0 Å². The van der Waals surface area contributed by atoms with Gasteiger partial charge < -0.3 is 10.2 Å². The number of halogens is 2. The normalized spacial score (nSPS) is 16.4. The van der Waals surface area contributed by atoms with Crippen LogP contribution in [0.25, 0.3) is 0 Å². The minimum absolute atomic E-state index is 0.110. The van der Waals surface area contributed by atoms with E-state index >= 15 is 0 Å². The second-order valence-electron chi connectivity index (χ2n) is 7.65. The van der Waals surface area contributed by atoms with Gasteiger partial charge in [0.2, 0.25) is 11.8 Å². The number of para-hydroxylation sites is 1. The maximum Gasteiger partial charge on any atom is 0.241 e. The van der Waals surface area contributed by atoms with Gasteiger partial charge >= 0.3 is 0 Å². The topological polar surface area (TPSA) is 49.4 Å². The van der Waals surface area contributed by atoms with Crippen molar-refractivity contribution in [2.45, 2.75) is 30.2 Å². The fourth-order valence-electron chi connectivity index (χ4n) is 3.61. The van der Waals surface area contributed by atoms with Crippen LogP contribution in [0.5, 0.6) is 0 Å². The summed E-state index contributed by atoms with van der Waals surface area (Å²) in [5.74, 6) is -1.35. The largest absolute Gasteiger partial charge is 0.352 e. The van der Waals surface area contributed by atoms with E-state index in [0.29, 0.717) is 17.1 Å². The molecule has 0 aromatic heterocycles. The maximum atomic E-state index is 14.3. The molecule has 0 saturated heterocycles. The lowest BCUT2D eigenvalue weighted by Crippen LogP contribution is -2.47. The first-order valence-corrected chi connectivity index (χ1v) is 11.5. The number of thioether (sulfide) groups is 1. The Hall–Kier alpha value is -2.83. The van der Waals surface area contributed by atoms with E-state index in [1.54, 1.807) is 42.2 Å². The van der Waals surface area contributed by atoms with Crippen LogP contribution in [-0.2, 0) is 22.7 Å². The van der Waals surface area contributed by atoms with E-state index in [-0.39, 0.29) is 24.2 Å². The van der Waals surface area contributed by atoms with Crippen LogP contribution in [0.3, 0.4) is 0 Å². The van der Waals surface area contributed by atoms with Gasteiger partial charge in [0.25, 0.3) is 0 Å². The fraction of sp³-hybridized carbons (Fsp3) is 0.200. The van der Waals surface area contributed by atoms with Crippen molar-refractivity contribution in [3.63, 3.8) is 0 Å². The first-order valence-electron chi connectivity index (χ1n) is 10.3. The highest BCUT2D eigenvalue weighted by Crippen LogP contribution is 2.42. The standard InChI is InChI=1S/C25H22ClFN2O2S/c1-16(24(30)28-14-17-10-12-19(26)13-11-17)23-25(31)29(15-18-6-2-3-7-20(18)27)21-8-4-5-9-22(21)32-23/h2-13,16,23H,14-15H2,1H3,(H,28,30)/t16-,23+/m1/s1. The zero-order valence-electron chi connectivity index (χ0n) is 17.4. The van der Waals surface area contributed by atoms with E-state index in [1.807, 2.05) is 36.4 Å². The molecule has 1 N–H and O–H groups in total. The number of rotatable bonds is 6. The van der Waals surface area contributed by atoms with Gasteiger partial charge in [-0.25, -0.2) is 4.39 Å². The van der Waals surface area contributed by atoms with Crippen molar-refractivity contribution in [3.05, 3.63) is 94.8 Å². The average Bonchev–Trinajstić information content (AvgIpc) is 2.81. The summed E-state index contributed by atoms with van der Waals surface area (Å²) in [4.78, 5) is 28.8. The Morgan fingerprint density at radius 3 is 2.53 bits per heavy atom. The van der Waals surface area contributed by atoms with Crippen molar-refractivity contribution in [1.29, 1.82) is 0 Å². The van der Waals surface area contributed by atoms with Crippen LogP contribution in [0.4, 0.5) is 10.1 Å². The van der Waals surface area contributed by atoms with E-state index in [9.17, 15) is 14.0 Å². The van der Waals surface area contributed by atoms with Crippen molar-refractivity contribution < 1.29 is 14.0 Å². The summed E-state index contributed by atoms with van der Waals surface area (Å²) in [6.07, 6.45) is 0. The average molecular weight is 469 g/mol. The molecular formula is C25H22ClFN2O2S. The molecular weight excluding hydrogens is 447 g/mol. The summed E-state index contributed by atoms with van der Waals surface area (Å²) < 4.78 is 14.3. The summed E-state index contributed by atoms with van der Waals surface area (Å²) in [6, 6.07) is 21.2. The van der Waals surface area contributed by atoms with Crippen LogP contribution in [0, 0.1) is 11.7 Å². The zero-order chi connectivity index (χ0) is 22.7. The Balaban J connectivity index is 1.53. The third-order valence-electron chi connectivity index (χ3n) is 5.45. The lowest BCUT2D eigenvalue weighted by molar-refractivity contribution is -0.128. The van der Waals surface area contributed by atoms with Gasteiger partial charge in [0.1, 0.15) is 11.1 Å². The number of hydrogen-bond donors (Lipinski definition) is 1. The molecule has 7 heteroatoms. The molecule has 2 amide bonds. The number of amides is 2. The van der Waals surface area contributed by atoms with Crippen molar-refractivity contribution >= 4 is 40.9 Å². The van der Waals surface area contributed by atoms with Crippen molar-refractivity contribution in [3.8, 4) is 0 Å². The Morgan fingerprint density at radius 2 is 1.78 bits per heavy atom. The van der Waals surface area contributed by atoms with Gasteiger partial charge in [-0.2, -0.15) is 0 Å². The van der Waals surface area contributed by atoms with E-state index in [2.05, 4.69) is 5.32 Å². The number of nitrogens with one attached hydrogen (secondary N) is 1. The number of carbonyl (C=O) groups excluding carboxylic acids is 2. The van der Waals surface area contributed by atoms with Crippen LogP contribution in [0.1, 0.15) is 18.1 Å². The van der Waals surface area contributed by atoms with Gasteiger partial charge in [0, 0.05) is 22.0 Å². The molecule has 0 aliphatic carbocycles. The molecule has 1 heterocycles. The molecule has 0 saturated carbocycles. The number of nitrogens with zero attached hydrogens (tertiary/aromatic N) is 1. The first-order chi connectivity index (χ1) is 15.4. The zero-order valence-corrected chi connectivity index (χ0v) is 19.0. The van der Waals surface area contributed by atoms with E-state index in [1.165, 1.54) is 17.8 Å². The van der Waals surface area contributed by atoms with Crippen molar-refractivity contribution in [2.75, 3.05) is 4.90 Å². The molecule has 0 bridgehead atoms. The predicted molar refractivity (Wildman–Crippen MR) is 126 cm³/mol. The SMILES string of the molecule is C[C@@H](C(=O)NCc1ccc(Cl)cc1)[C@@H]1Sc2ccccc2N(Cc2ccccc2F)C1=O. The highest BCUT2D eigenvalue weighted by atomic mass is 35.5. The van der Waals surface area contributed by atoms with Crippen LogP contribution in [0.2, 0.25) is 5.02 Å². The molecule has 32 heavy (non-hydrogen) atoms. The number of fused-ring (bicyclic) bond motifs is 1. The Labute approximate surface area is 195 Å². The van der Waals surface area contributed by atoms with Gasteiger partial charge in [-0.15, -0.1) is 11.8 Å². The van der Waals surface area contributed by atoms with Crippen LogP contribution < -0.4 is 10.2 Å². The van der Waals surface area contributed by atoms with Crippen LogP contribution in [0.15, 0.2) is 77.7 Å². The third-order valence-corrected chi connectivity index (χ3v) is 7.17. The molecule has 0 unspecified atom stereocenters. The Morgan fingerprint density at radius 1 is 1.09 bits per heavy atom. The van der Waals surface area contributed by atoms with Crippen molar-refractivity contribution in [2.24, 2.45) is 5.92 Å². The summed E-state index contributed by atoms with van der Waals surface area (Å²) in [5.41, 5.74) is 2.08. The minimum Gasteiger partial charge on any atom is -0.352 e. The number of carbonyl (C=O) groups is 2. The lowest BCUT2D eigenvalue weighted by atomic mass is 10.0. The molecule has 4 nitrogen and oxygen atoms in total. The first kappa shape index (κ1) is 22.4. The molecule has 1 aliphatic rings. The van der Waals surface area contributed by atoms with E-state index in [0.717, 1.165) is 16.1 Å². The lowest BCUT2D eigenvalue weighted by Gasteiger charge is -2.35.